The summed E-state index contributed by atoms with van der Waals surface area (Å²) in [4.78, 5) is 8.44. The zero-order valence-electron chi connectivity index (χ0n) is 10.6. The van der Waals surface area contributed by atoms with E-state index >= 15 is 0 Å². The van der Waals surface area contributed by atoms with Gasteiger partial charge in [-0.15, -0.1) is 0 Å². The Morgan fingerprint density at radius 2 is 2.37 bits per heavy atom. The van der Waals surface area contributed by atoms with Gasteiger partial charge in [0.2, 0.25) is 0 Å². The van der Waals surface area contributed by atoms with E-state index in [1.807, 2.05) is 24.4 Å². The molecule has 2 N–H and O–H groups in total. The molecule has 0 aliphatic heterocycles. The van der Waals surface area contributed by atoms with Crippen LogP contribution >= 0.6 is 23.4 Å². The first-order valence-corrected chi connectivity index (χ1v) is 7.14. The van der Waals surface area contributed by atoms with Crippen molar-refractivity contribution < 1.29 is 4.74 Å². The van der Waals surface area contributed by atoms with Crippen molar-refractivity contribution in [2.75, 3.05) is 20.3 Å². The lowest BCUT2D eigenvalue weighted by Gasteiger charge is -2.10. The molecule has 1 aromatic carbocycles. The van der Waals surface area contributed by atoms with Crippen molar-refractivity contribution in [3.63, 3.8) is 0 Å². The highest BCUT2D eigenvalue weighted by Crippen LogP contribution is 2.29. The van der Waals surface area contributed by atoms with Crippen molar-refractivity contribution >= 4 is 23.4 Å². The Hall–Kier alpha value is -1.01. The third-order valence-corrected chi connectivity index (χ3v) is 3.77. The monoisotopic (exact) mass is 297 g/mol. The molecule has 0 saturated carbocycles. The Labute approximate surface area is 121 Å². The van der Waals surface area contributed by atoms with Crippen molar-refractivity contribution in [2.24, 2.45) is 0 Å². The molecule has 0 atom stereocenters. The smallest absolute Gasteiger partial charge is 0.170 e. The Bertz CT molecular complexity index is 505. The topological polar surface area (TPSA) is 49.9 Å². The van der Waals surface area contributed by atoms with Gasteiger partial charge in [0.15, 0.2) is 5.16 Å². The second kappa shape index (κ2) is 7.55. The number of aromatic nitrogens is 2. The van der Waals surface area contributed by atoms with Crippen LogP contribution in [-0.4, -0.2) is 30.2 Å². The first kappa shape index (κ1) is 14.4. The van der Waals surface area contributed by atoms with Gasteiger partial charge >= 0.3 is 0 Å². The minimum Gasteiger partial charge on any atom is -0.383 e. The molecule has 0 aliphatic rings. The van der Waals surface area contributed by atoms with Crippen LogP contribution in [0.5, 0.6) is 0 Å². The number of imidazole rings is 1. The van der Waals surface area contributed by atoms with Gasteiger partial charge in [-0.25, -0.2) is 4.98 Å². The minimum absolute atomic E-state index is 0.696. The molecular formula is C13H16ClN3OS. The molecule has 6 heteroatoms. The van der Waals surface area contributed by atoms with Crippen LogP contribution in [0.1, 0.15) is 5.56 Å². The number of hydrogen-bond acceptors (Lipinski definition) is 4. The molecule has 4 nitrogen and oxygen atoms in total. The lowest BCUT2D eigenvalue weighted by atomic mass is 10.2. The maximum Gasteiger partial charge on any atom is 0.170 e. The Morgan fingerprint density at radius 1 is 1.47 bits per heavy atom. The van der Waals surface area contributed by atoms with Crippen LogP contribution < -0.4 is 5.32 Å². The second-order valence-electron chi connectivity index (χ2n) is 3.92. The number of rotatable bonds is 7. The Kier molecular flexibility index (Phi) is 5.72. The number of hydrogen-bond donors (Lipinski definition) is 2. The van der Waals surface area contributed by atoms with E-state index in [9.17, 15) is 0 Å². The zero-order valence-corrected chi connectivity index (χ0v) is 12.2. The summed E-state index contributed by atoms with van der Waals surface area (Å²) >= 11 is 7.65. The van der Waals surface area contributed by atoms with Gasteiger partial charge in [0.25, 0.3) is 0 Å². The van der Waals surface area contributed by atoms with Crippen LogP contribution in [0.4, 0.5) is 0 Å². The molecule has 102 valence electrons. The SMILES string of the molecule is COCCNCc1cc(Cl)ccc1Sc1ncc[nH]1. The standard InChI is InChI=1S/C13H16ClN3OS/c1-18-7-6-15-9-10-8-11(14)2-3-12(10)19-13-16-4-5-17-13/h2-5,8,15H,6-7,9H2,1H3,(H,16,17). The van der Waals surface area contributed by atoms with Crippen LogP contribution in [0, 0.1) is 0 Å². The summed E-state index contributed by atoms with van der Waals surface area (Å²) in [6.45, 7) is 2.27. The summed E-state index contributed by atoms with van der Waals surface area (Å²) in [5.74, 6) is 0. The van der Waals surface area contributed by atoms with Crippen LogP contribution in [0.25, 0.3) is 0 Å². The first-order valence-electron chi connectivity index (χ1n) is 5.95. The third-order valence-electron chi connectivity index (χ3n) is 2.50. The van der Waals surface area contributed by atoms with E-state index < -0.39 is 0 Å². The summed E-state index contributed by atoms with van der Waals surface area (Å²) in [7, 11) is 1.69. The molecule has 0 fully saturated rings. The van der Waals surface area contributed by atoms with Gasteiger partial charge < -0.3 is 15.0 Å². The highest BCUT2D eigenvalue weighted by atomic mass is 35.5. The van der Waals surface area contributed by atoms with Gasteiger partial charge in [0, 0.05) is 42.5 Å². The number of aromatic amines is 1. The molecule has 0 bridgehead atoms. The summed E-state index contributed by atoms with van der Waals surface area (Å²) in [5.41, 5.74) is 1.16. The zero-order chi connectivity index (χ0) is 13.5. The van der Waals surface area contributed by atoms with E-state index in [0.29, 0.717) is 6.61 Å². The fourth-order valence-electron chi connectivity index (χ4n) is 1.59. The average molecular weight is 298 g/mol. The molecule has 0 aliphatic carbocycles. The first-order chi connectivity index (χ1) is 9.29. The number of ether oxygens (including phenoxy) is 1. The van der Waals surface area contributed by atoms with Gasteiger partial charge in [0.05, 0.1) is 6.61 Å². The van der Waals surface area contributed by atoms with Crippen LogP contribution in [0.3, 0.4) is 0 Å². The number of nitrogens with one attached hydrogen (secondary N) is 2. The molecule has 0 spiro atoms. The van der Waals surface area contributed by atoms with E-state index in [-0.39, 0.29) is 0 Å². The third kappa shape index (κ3) is 4.54. The Balaban J connectivity index is 2.04. The summed E-state index contributed by atoms with van der Waals surface area (Å²) < 4.78 is 5.01. The molecule has 2 rings (SSSR count). The normalized spacial score (nSPS) is 10.8. The maximum atomic E-state index is 6.05. The number of H-pyrrole nitrogens is 1. The Morgan fingerprint density at radius 3 is 3.11 bits per heavy atom. The van der Waals surface area contributed by atoms with E-state index in [2.05, 4.69) is 15.3 Å². The number of methoxy groups -OCH3 is 1. The molecule has 19 heavy (non-hydrogen) atoms. The summed E-state index contributed by atoms with van der Waals surface area (Å²) in [5, 5.41) is 4.94. The van der Waals surface area contributed by atoms with E-state index in [4.69, 9.17) is 16.3 Å². The van der Waals surface area contributed by atoms with Crippen LogP contribution in [-0.2, 0) is 11.3 Å². The predicted molar refractivity (Wildman–Crippen MR) is 77.7 cm³/mol. The molecule has 0 radical (unpaired) electrons. The van der Waals surface area contributed by atoms with Crippen molar-refractivity contribution in [2.45, 2.75) is 16.6 Å². The van der Waals surface area contributed by atoms with E-state index in [1.54, 1.807) is 25.1 Å². The van der Waals surface area contributed by atoms with Crippen LogP contribution in [0.15, 0.2) is 40.6 Å². The highest BCUT2D eigenvalue weighted by Gasteiger charge is 2.06. The van der Waals surface area contributed by atoms with E-state index in [0.717, 1.165) is 33.7 Å². The van der Waals surface area contributed by atoms with Gasteiger partial charge in [-0.2, -0.15) is 0 Å². The molecule has 1 aromatic heterocycles. The van der Waals surface area contributed by atoms with Crippen molar-refractivity contribution in [1.29, 1.82) is 0 Å². The lowest BCUT2D eigenvalue weighted by Crippen LogP contribution is -2.18. The van der Waals surface area contributed by atoms with E-state index in [1.165, 1.54) is 0 Å². The van der Waals surface area contributed by atoms with Gasteiger partial charge in [-0.05, 0) is 23.8 Å². The number of halogens is 1. The number of benzene rings is 1. The molecule has 0 unspecified atom stereocenters. The summed E-state index contributed by atoms with van der Waals surface area (Å²) in [6.07, 6.45) is 3.56. The van der Waals surface area contributed by atoms with Gasteiger partial charge in [-0.3, -0.25) is 0 Å². The van der Waals surface area contributed by atoms with Gasteiger partial charge in [-0.1, -0.05) is 23.4 Å². The molecule has 1 heterocycles. The maximum absolute atomic E-state index is 6.05. The molecule has 0 amide bonds. The summed E-state index contributed by atoms with van der Waals surface area (Å²) in [6, 6.07) is 5.89. The quantitative estimate of drug-likeness (QED) is 0.772. The average Bonchev–Trinajstić information content (AvgIpc) is 2.90. The molecule has 0 saturated heterocycles. The number of nitrogens with zero attached hydrogens (tertiary/aromatic N) is 1. The fraction of sp³-hybridized carbons (Fsp3) is 0.308. The van der Waals surface area contributed by atoms with Crippen molar-refractivity contribution in [3.8, 4) is 0 Å². The predicted octanol–water partition coefficient (Wildman–Crippen LogP) is 2.95. The highest BCUT2D eigenvalue weighted by molar-refractivity contribution is 7.99. The lowest BCUT2D eigenvalue weighted by molar-refractivity contribution is 0.199. The largest absolute Gasteiger partial charge is 0.383 e. The second-order valence-corrected chi connectivity index (χ2v) is 5.39. The van der Waals surface area contributed by atoms with Crippen molar-refractivity contribution in [3.05, 3.63) is 41.2 Å². The van der Waals surface area contributed by atoms with Crippen LogP contribution in [0.2, 0.25) is 5.02 Å². The van der Waals surface area contributed by atoms with Gasteiger partial charge in [0.1, 0.15) is 0 Å². The molecule has 2 aromatic rings. The van der Waals surface area contributed by atoms with Crippen molar-refractivity contribution in [1.82, 2.24) is 15.3 Å². The fourth-order valence-corrected chi connectivity index (χ4v) is 2.64. The molecular weight excluding hydrogens is 282 g/mol. The minimum atomic E-state index is 0.696.